The van der Waals surface area contributed by atoms with Crippen molar-refractivity contribution in [3.05, 3.63) is 29.8 Å². The second-order valence-electron chi connectivity index (χ2n) is 4.26. The zero-order valence-corrected chi connectivity index (χ0v) is 8.79. The third-order valence-electron chi connectivity index (χ3n) is 2.91. The maximum Gasteiger partial charge on any atom is 0.232 e. The quantitative estimate of drug-likeness (QED) is 0.789. The zero-order valence-electron chi connectivity index (χ0n) is 8.79. The molecule has 2 rings (SSSR count). The minimum Gasteiger partial charge on any atom is -0.395 e. The molecular formula is C12H15NO2. The van der Waals surface area contributed by atoms with Crippen LogP contribution in [-0.4, -0.2) is 17.6 Å². The fourth-order valence-electron chi connectivity index (χ4n) is 1.59. The van der Waals surface area contributed by atoms with Gasteiger partial charge in [-0.1, -0.05) is 12.1 Å². The van der Waals surface area contributed by atoms with Gasteiger partial charge >= 0.3 is 0 Å². The van der Waals surface area contributed by atoms with Gasteiger partial charge in [-0.05, 0) is 37.5 Å². The van der Waals surface area contributed by atoms with Crippen molar-refractivity contribution >= 4 is 11.6 Å². The van der Waals surface area contributed by atoms with E-state index >= 15 is 0 Å². The molecule has 0 bridgehead atoms. The molecule has 2 N–H and O–H groups in total. The van der Waals surface area contributed by atoms with Gasteiger partial charge < -0.3 is 10.4 Å². The Morgan fingerprint density at radius 3 is 2.80 bits per heavy atom. The highest BCUT2D eigenvalue weighted by molar-refractivity contribution is 5.97. The molecule has 15 heavy (non-hydrogen) atoms. The summed E-state index contributed by atoms with van der Waals surface area (Å²) in [6.45, 7) is 1.93. The molecule has 0 spiro atoms. The van der Waals surface area contributed by atoms with E-state index in [0.29, 0.717) is 0 Å². The summed E-state index contributed by atoms with van der Waals surface area (Å²) in [5, 5.41) is 11.9. The summed E-state index contributed by atoms with van der Waals surface area (Å²) < 4.78 is 0. The van der Waals surface area contributed by atoms with E-state index in [-0.39, 0.29) is 12.5 Å². The number of aliphatic hydroxyl groups is 1. The first kappa shape index (κ1) is 10.2. The Morgan fingerprint density at radius 1 is 1.53 bits per heavy atom. The van der Waals surface area contributed by atoms with Crippen molar-refractivity contribution < 1.29 is 9.90 Å². The second-order valence-corrected chi connectivity index (χ2v) is 4.26. The van der Waals surface area contributed by atoms with Crippen LogP contribution in [0, 0.1) is 12.3 Å². The first-order valence-corrected chi connectivity index (χ1v) is 5.15. The Labute approximate surface area is 89.1 Å². The van der Waals surface area contributed by atoms with Gasteiger partial charge in [-0.15, -0.1) is 0 Å². The monoisotopic (exact) mass is 205 g/mol. The largest absolute Gasteiger partial charge is 0.395 e. The number of amides is 1. The van der Waals surface area contributed by atoms with Crippen molar-refractivity contribution in [2.45, 2.75) is 19.8 Å². The fraction of sp³-hybridized carbons (Fsp3) is 0.417. The lowest BCUT2D eigenvalue weighted by Crippen LogP contribution is -2.27. The second kappa shape index (κ2) is 3.66. The van der Waals surface area contributed by atoms with E-state index in [9.17, 15) is 4.79 Å². The van der Waals surface area contributed by atoms with Crippen LogP contribution in [-0.2, 0) is 4.79 Å². The van der Waals surface area contributed by atoms with Gasteiger partial charge in [0.15, 0.2) is 0 Å². The summed E-state index contributed by atoms with van der Waals surface area (Å²) in [6.07, 6.45) is 1.59. The molecule has 1 aliphatic rings. The Kier molecular flexibility index (Phi) is 2.49. The van der Waals surface area contributed by atoms with Crippen molar-refractivity contribution in [2.24, 2.45) is 5.41 Å². The van der Waals surface area contributed by atoms with Crippen molar-refractivity contribution in [3.63, 3.8) is 0 Å². The molecule has 80 valence electrons. The Balaban J connectivity index is 2.06. The van der Waals surface area contributed by atoms with E-state index in [2.05, 4.69) is 5.32 Å². The maximum absolute atomic E-state index is 11.8. The Hall–Kier alpha value is -1.35. The summed E-state index contributed by atoms with van der Waals surface area (Å²) in [7, 11) is 0. The van der Waals surface area contributed by atoms with Gasteiger partial charge in [0.1, 0.15) is 0 Å². The summed E-state index contributed by atoms with van der Waals surface area (Å²) in [5.41, 5.74) is 1.42. The summed E-state index contributed by atoms with van der Waals surface area (Å²) in [5.74, 6) is -0.0596. The van der Waals surface area contributed by atoms with Crippen LogP contribution in [0.25, 0.3) is 0 Å². The number of aryl methyl sites for hydroxylation is 1. The molecule has 1 amide bonds. The summed E-state index contributed by atoms with van der Waals surface area (Å²) in [4.78, 5) is 11.8. The Bertz CT molecular complexity index is 383. The number of hydrogen-bond acceptors (Lipinski definition) is 2. The molecule has 0 atom stereocenters. The predicted molar refractivity (Wildman–Crippen MR) is 58.6 cm³/mol. The van der Waals surface area contributed by atoms with E-state index in [4.69, 9.17) is 5.11 Å². The predicted octanol–water partition coefficient (Wildman–Crippen LogP) is 1.71. The number of benzene rings is 1. The molecule has 0 heterocycles. The third kappa shape index (κ3) is 2.02. The van der Waals surface area contributed by atoms with E-state index < -0.39 is 5.41 Å². The number of carbonyl (C=O) groups excluding carboxylic acids is 1. The lowest BCUT2D eigenvalue weighted by Gasteiger charge is -2.12. The number of hydrogen-bond donors (Lipinski definition) is 2. The van der Waals surface area contributed by atoms with Crippen LogP contribution in [0.15, 0.2) is 24.3 Å². The van der Waals surface area contributed by atoms with Gasteiger partial charge in [-0.25, -0.2) is 0 Å². The highest BCUT2D eigenvalue weighted by Crippen LogP contribution is 2.45. The molecule has 0 aliphatic heterocycles. The Morgan fingerprint density at radius 2 is 2.27 bits per heavy atom. The topological polar surface area (TPSA) is 49.3 Å². The van der Waals surface area contributed by atoms with E-state index in [0.717, 1.165) is 24.1 Å². The standard InChI is InChI=1S/C12H15NO2/c1-9-3-2-4-10(7-9)13-11(15)12(8-14)5-6-12/h2-4,7,14H,5-6,8H2,1H3,(H,13,15). The van der Waals surface area contributed by atoms with Crippen molar-refractivity contribution in [1.82, 2.24) is 0 Å². The number of nitrogens with one attached hydrogen (secondary N) is 1. The maximum atomic E-state index is 11.8. The van der Waals surface area contributed by atoms with Crippen LogP contribution in [0.4, 0.5) is 5.69 Å². The number of rotatable bonds is 3. The number of aliphatic hydroxyl groups excluding tert-OH is 1. The highest BCUT2D eigenvalue weighted by Gasteiger charge is 2.49. The van der Waals surface area contributed by atoms with Gasteiger partial charge in [-0.2, -0.15) is 0 Å². The van der Waals surface area contributed by atoms with Gasteiger partial charge in [0.25, 0.3) is 0 Å². The average molecular weight is 205 g/mol. The van der Waals surface area contributed by atoms with E-state index in [1.165, 1.54) is 0 Å². The normalized spacial score (nSPS) is 17.2. The molecule has 3 heteroatoms. The zero-order chi connectivity index (χ0) is 10.9. The van der Waals surface area contributed by atoms with Gasteiger partial charge in [0.2, 0.25) is 5.91 Å². The fourth-order valence-corrected chi connectivity index (χ4v) is 1.59. The molecule has 0 aromatic heterocycles. The van der Waals surface area contributed by atoms with E-state index in [1.54, 1.807) is 0 Å². The molecular weight excluding hydrogens is 190 g/mol. The lowest BCUT2D eigenvalue weighted by atomic mass is 10.1. The van der Waals surface area contributed by atoms with Crippen LogP contribution in [0.2, 0.25) is 0 Å². The minimum atomic E-state index is -0.496. The number of anilines is 1. The first-order valence-electron chi connectivity index (χ1n) is 5.15. The molecule has 1 aromatic carbocycles. The molecule has 3 nitrogen and oxygen atoms in total. The SMILES string of the molecule is Cc1cccc(NC(=O)C2(CO)CC2)c1. The highest BCUT2D eigenvalue weighted by atomic mass is 16.3. The van der Waals surface area contributed by atoms with Crippen molar-refractivity contribution in [2.75, 3.05) is 11.9 Å². The van der Waals surface area contributed by atoms with Gasteiger partial charge in [0, 0.05) is 5.69 Å². The smallest absolute Gasteiger partial charge is 0.232 e. The van der Waals surface area contributed by atoms with Gasteiger partial charge in [0.05, 0.1) is 12.0 Å². The molecule has 1 aromatic rings. The minimum absolute atomic E-state index is 0.0509. The molecule has 0 unspecified atom stereocenters. The lowest BCUT2D eigenvalue weighted by molar-refractivity contribution is -0.122. The first-order chi connectivity index (χ1) is 7.16. The summed E-state index contributed by atoms with van der Waals surface area (Å²) >= 11 is 0. The van der Waals surface area contributed by atoms with Gasteiger partial charge in [-0.3, -0.25) is 4.79 Å². The van der Waals surface area contributed by atoms with Crippen molar-refractivity contribution in [1.29, 1.82) is 0 Å². The van der Waals surface area contributed by atoms with Crippen LogP contribution < -0.4 is 5.32 Å². The molecule has 0 saturated heterocycles. The van der Waals surface area contributed by atoms with Crippen molar-refractivity contribution in [3.8, 4) is 0 Å². The molecule has 0 radical (unpaired) electrons. The number of carbonyl (C=O) groups is 1. The molecule has 1 fully saturated rings. The van der Waals surface area contributed by atoms with Crippen LogP contribution >= 0.6 is 0 Å². The van der Waals surface area contributed by atoms with E-state index in [1.807, 2.05) is 31.2 Å². The third-order valence-corrected chi connectivity index (χ3v) is 2.91. The average Bonchev–Trinajstić information content (AvgIpc) is 2.98. The molecule has 1 saturated carbocycles. The van der Waals surface area contributed by atoms with Crippen LogP contribution in [0.1, 0.15) is 18.4 Å². The van der Waals surface area contributed by atoms with Crippen LogP contribution in [0.5, 0.6) is 0 Å². The van der Waals surface area contributed by atoms with Crippen LogP contribution in [0.3, 0.4) is 0 Å². The summed E-state index contributed by atoms with van der Waals surface area (Å²) in [6, 6.07) is 7.67. The molecule has 1 aliphatic carbocycles.